The van der Waals surface area contributed by atoms with Crippen LogP contribution >= 0.6 is 11.8 Å². The zero-order chi connectivity index (χ0) is 30.8. The van der Waals surface area contributed by atoms with Gasteiger partial charge in [-0.25, -0.2) is 14.4 Å². The van der Waals surface area contributed by atoms with Crippen LogP contribution in [-0.2, 0) is 30.1 Å². The van der Waals surface area contributed by atoms with Crippen molar-refractivity contribution >= 4 is 17.7 Å². The Morgan fingerprint density at radius 2 is 1.60 bits per heavy atom. The first-order valence-electron chi connectivity index (χ1n) is 14.6. The number of benzene rings is 2. The molecule has 0 aliphatic carbocycles. The van der Waals surface area contributed by atoms with Gasteiger partial charge in [0, 0.05) is 60.7 Å². The average molecular weight is 603 g/mol. The third-order valence-electron chi connectivity index (χ3n) is 7.32. The topological polar surface area (TPSA) is 84.2 Å². The number of amides is 1. The van der Waals surface area contributed by atoms with E-state index in [0.717, 1.165) is 36.3 Å². The summed E-state index contributed by atoms with van der Waals surface area (Å²) in [5, 5.41) is 0.453. The van der Waals surface area contributed by atoms with Crippen LogP contribution in [0.5, 0.6) is 0 Å². The van der Waals surface area contributed by atoms with E-state index < -0.39 is 0 Å². The van der Waals surface area contributed by atoms with Gasteiger partial charge in [0.15, 0.2) is 11.0 Å². The highest BCUT2D eigenvalue weighted by Gasteiger charge is 2.19. The van der Waals surface area contributed by atoms with Crippen LogP contribution < -0.4 is 5.56 Å². The molecule has 2 aromatic carbocycles. The molecule has 2 aromatic heterocycles. The van der Waals surface area contributed by atoms with Gasteiger partial charge in [0.25, 0.3) is 5.56 Å². The third-order valence-corrected chi connectivity index (χ3v) is 8.38. The van der Waals surface area contributed by atoms with E-state index in [-0.39, 0.29) is 23.8 Å². The largest absolute Gasteiger partial charge is 0.335 e. The quantitative estimate of drug-likeness (QED) is 0.142. The summed E-state index contributed by atoms with van der Waals surface area (Å²) in [7, 11) is 0. The van der Waals surface area contributed by atoms with Crippen molar-refractivity contribution in [2.75, 3.05) is 26.2 Å². The molecule has 0 N–H and O–H groups in total. The summed E-state index contributed by atoms with van der Waals surface area (Å²) in [5.41, 5.74) is 4.10. The molecule has 2 heterocycles. The fourth-order valence-corrected chi connectivity index (χ4v) is 5.49. The zero-order valence-electron chi connectivity index (χ0n) is 25.3. The fourth-order valence-electron chi connectivity index (χ4n) is 4.57. The monoisotopic (exact) mass is 602 g/mol. The number of nitrogens with zero attached hydrogens (tertiary/aromatic N) is 6. The fraction of sp³-hybridized carbons (Fsp3) is 0.364. The van der Waals surface area contributed by atoms with Gasteiger partial charge in [-0.3, -0.25) is 9.59 Å². The first-order valence-corrected chi connectivity index (χ1v) is 15.6. The lowest BCUT2D eigenvalue weighted by Crippen LogP contribution is -2.40. The van der Waals surface area contributed by atoms with Crippen LogP contribution in [0.15, 0.2) is 77.1 Å². The molecule has 0 bridgehead atoms. The van der Waals surface area contributed by atoms with Crippen molar-refractivity contribution in [2.24, 2.45) is 0 Å². The minimum atomic E-state index is -0.304. The Labute approximate surface area is 257 Å². The van der Waals surface area contributed by atoms with Gasteiger partial charge in [-0.05, 0) is 44.1 Å². The molecular formula is C33H39FN6O2S. The maximum absolute atomic E-state index is 13.9. The highest BCUT2D eigenvalue weighted by molar-refractivity contribution is 7.98. The maximum Gasteiger partial charge on any atom is 0.276 e. The molecule has 43 heavy (non-hydrogen) atoms. The molecule has 0 spiro atoms. The molecule has 4 aromatic rings. The highest BCUT2D eigenvalue weighted by atomic mass is 32.2. The summed E-state index contributed by atoms with van der Waals surface area (Å²) < 4.78 is 15.1. The molecule has 0 aliphatic rings. The molecule has 0 aliphatic heterocycles. The van der Waals surface area contributed by atoms with Crippen LogP contribution in [0.1, 0.15) is 43.0 Å². The minimum Gasteiger partial charge on any atom is -0.335 e. The smallest absolute Gasteiger partial charge is 0.276 e. The number of aromatic nitrogens is 4. The molecule has 8 nitrogen and oxygen atoms in total. The molecule has 0 fully saturated rings. The van der Waals surface area contributed by atoms with Gasteiger partial charge >= 0.3 is 0 Å². The van der Waals surface area contributed by atoms with Crippen LogP contribution in [0.25, 0.3) is 11.4 Å². The molecule has 1 amide bonds. The van der Waals surface area contributed by atoms with E-state index in [1.54, 1.807) is 35.3 Å². The van der Waals surface area contributed by atoms with Crippen LogP contribution in [0, 0.1) is 12.7 Å². The second kappa shape index (κ2) is 15.5. The molecule has 226 valence electrons. The summed E-state index contributed by atoms with van der Waals surface area (Å²) >= 11 is 1.35. The number of likely N-dealkylation sites (N-methyl/N-ethyl adjacent to an activating group) is 1. The Bertz CT molecular complexity index is 1540. The Hall–Kier alpha value is -3.89. The van der Waals surface area contributed by atoms with Crippen LogP contribution in [0.3, 0.4) is 0 Å². The normalized spacial score (nSPS) is 11.2. The Morgan fingerprint density at radius 3 is 2.23 bits per heavy atom. The zero-order valence-corrected chi connectivity index (χ0v) is 26.1. The van der Waals surface area contributed by atoms with E-state index in [1.165, 1.54) is 29.5 Å². The Morgan fingerprint density at radius 1 is 0.930 bits per heavy atom. The molecular weight excluding hydrogens is 563 g/mol. The number of carbonyl (C=O) groups excluding carboxylic acids is 1. The summed E-state index contributed by atoms with van der Waals surface area (Å²) in [6.07, 6.45) is 5.81. The van der Waals surface area contributed by atoms with Gasteiger partial charge in [0.1, 0.15) is 12.4 Å². The molecule has 4 rings (SSSR count). The van der Waals surface area contributed by atoms with E-state index in [1.807, 2.05) is 43.0 Å². The van der Waals surface area contributed by atoms with Crippen LogP contribution in [-0.4, -0.2) is 61.4 Å². The van der Waals surface area contributed by atoms with E-state index in [2.05, 4.69) is 33.7 Å². The minimum absolute atomic E-state index is 0.0343. The van der Waals surface area contributed by atoms with Crippen LogP contribution in [0.2, 0.25) is 0 Å². The summed E-state index contributed by atoms with van der Waals surface area (Å²) in [5.74, 6) is 0.731. The predicted molar refractivity (Wildman–Crippen MR) is 169 cm³/mol. The number of carbonyl (C=O) groups is 1. The molecule has 10 heteroatoms. The van der Waals surface area contributed by atoms with E-state index in [4.69, 9.17) is 0 Å². The number of thioether (sulfide) groups is 1. The molecule has 0 unspecified atom stereocenters. The average Bonchev–Trinajstić information content (AvgIpc) is 3.02. The van der Waals surface area contributed by atoms with E-state index in [9.17, 15) is 14.0 Å². The lowest BCUT2D eigenvalue weighted by molar-refractivity contribution is -0.132. The van der Waals surface area contributed by atoms with Gasteiger partial charge in [-0.1, -0.05) is 74.5 Å². The van der Waals surface area contributed by atoms with Gasteiger partial charge in [-0.15, -0.1) is 0 Å². The number of halogens is 1. The molecule has 0 saturated carbocycles. The molecule has 0 atom stereocenters. The number of aryl methyl sites for hydroxylation is 2. The molecule has 0 radical (unpaired) electrons. The van der Waals surface area contributed by atoms with E-state index >= 15 is 0 Å². The lowest BCUT2D eigenvalue weighted by atomic mass is 10.1. The first-order chi connectivity index (χ1) is 20.8. The highest BCUT2D eigenvalue weighted by Crippen LogP contribution is 2.22. The summed E-state index contributed by atoms with van der Waals surface area (Å²) in [4.78, 5) is 44.0. The SMILES string of the molecule is CCc1cn(CC(=O)N(CCN(CC)CC)Cc2cnc(-c3ccc(C)cc3)nc2)c(SCc2ccc(F)cc2)nc1=O. The second-order valence-corrected chi connectivity index (χ2v) is 11.3. The summed E-state index contributed by atoms with van der Waals surface area (Å²) in [6, 6.07) is 14.3. The number of hydrogen-bond acceptors (Lipinski definition) is 7. The van der Waals surface area contributed by atoms with Crippen molar-refractivity contribution in [1.29, 1.82) is 0 Å². The lowest BCUT2D eigenvalue weighted by Gasteiger charge is -2.27. The van der Waals surface area contributed by atoms with Crippen LogP contribution in [0.4, 0.5) is 4.39 Å². The van der Waals surface area contributed by atoms with Crippen molar-refractivity contribution in [3.05, 3.63) is 106 Å². The predicted octanol–water partition coefficient (Wildman–Crippen LogP) is 5.37. The first kappa shape index (κ1) is 32.0. The maximum atomic E-state index is 13.9. The van der Waals surface area contributed by atoms with Crippen molar-refractivity contribution < 1.29 is 9.18 Å². The van der Waals surface area contributed by atoms with Gasteiger partial charge < -0.3 is 14.4 Å². The van der Waals surface area contributed by atoms with Gasteiger partial charge in [-0.2, -0.15) is 4.98 Å². The van der Waals surface area contributed by atoms with Crippen molar-refractivity contribution in [2.45, 2.75) is 58.1 Å². The number of hydrogen-bond donors (Lipinski definition) is 0. The second-order valence-electron chi connectivity index (χ2n) is 10.4. The Kier molecular flexibility index (Phi) is 11.6. The van der Waals surface area contributed by atoms with Gasteiger partial charge in [0.05, 0.1) is 0 Å². The van der Waals surface area contributed by atoms with Crippen molar-refractivity contribution in [3.63, 3.8) is 0 Å². The van der Waals surface area contributed by atoms with Crippen molar-refractivity contribution in [1.82, 2.24) is 29.3 Å². The third kappa shape index (κ3) is 9.05. The molecule has 0 saturated heterocycles. The standard InChI is InChI=1S/C33H39FN6O2S/c1-5-27-21-40(33(37-32(27)42)43-23-25-10-14-29(34)15-11-25)22-30(41)39(17-16-38(6-2)7-3)20-26-18-35-31(36-19-26)28-12-8-24(4)9-13-28/h8-15,18-19,21H,5-7,16-17,20,22-23H2,1-4H3. The van der Waals surface area contributed by atoms with Gasteiger partial charge in [0.2, 0.25) is 5.91 Å². The Balaban J connectivity index is 1.55. The van der Waals surface area contributed by atoms with Crippen molar-refractivity contribution in [3.8, 4) is 11.4 Å². The van der Waals surface area contributed by atoms with E-state index in [0.29, 0.717) is 41.8 Å². The number of rotatable bonds is 14. The summed E-state index contributed by atoms with van der Waals surface area (Å²) in [6.45, 7) is 11.6.